The van der Waals surface area contributed by atoms with Crippen LogP contribution in [0.1, 0.15) is 5.56 Å². The molecular formula is C12H13F3N2O3. The smallest absolute Gasteiger partial charge is 0.405 e. The van der Waals surface area contributed by atoms with E-state index < -0.39 is 31.2 Å². The number of para-hydroxylation sites is 1. The van der Waals surface area contributed by atoms with E-state index in [0.717, 1.165) is 0 Å². The van der Waals surface area contributed by atoms with Gasteiger partial charge in [0, 0.05) is 5.69 Å². The van der Waals surface area contributed by atoms with Crippen LogP contribution in [0.2, 0.25) is 0 Å². The van der Waals surface area contributed by atoms with E-state index in [-0.39, 0.29) is 6.42 Å². The number of nitrogens with two attached hydrogens (primary N) is 1. The summed E-state index contributed by atoms with van der Waals surface area (Å²) < 4.78 is 40.0. The van der Waals surface area contributed by atoms with E-state index in [0.29, 0.717) is 11.3 Å². The summed E-state index contributed by atoms with van der Waals surface area (Å²) in [5, 5.41) is 1.59. The van der Waals surface area contributed by atoms with Gasteiger partial charge in [-0.15, -0.1) is 0 Å². The van der Waals surface area contributed by atoms with Gasteiger partial charge in [-0.1, -0.05) is 18.2 Å². The van der Waals surface area contributed by atoms with Crippen molar-refractivity contribution >= 4 is 17.6 Å². The number of anilines is 1. The summed E-state index contributed by atoms with van der Waals surface area (Å²) in [6.07, 6.45) is -4.66. The Morgan fingerprint density at radius 2 is 1.90 bits per heavy atom. The van der Waals surface area contributed by atoms with Crippen LogP contribution in [0.5, 0.6) is 0 Å². The van der Waals surface area contributed by atoms with Crippen molar-refractivity contribution < 1.29 is 27.5 Å². The molecule has 1 aromatic rings. The number of carbonyl (C=O) groups is 2. The number of amides is 1. The Bertz CT molecular complexity index is 489. The first-order valence-electron chi connectivity index (χ1n) is 5.60. The third-order valence-electron chi connectivity index (χ3n) is 2.24. The van der Waals surface area contributed by atoms with E-state index in [1.807, 2.05) is 0 Å². The van der Waals surface area contributed by atoms with Crippen LogP contribution in [0.4, 0.5) is 18.9 Å². The highest BCUT2D eigenvalue weighted by Crippen LogP contribution is 2.12. The Kier molecular flexibility index (Phi) is 5.36. The Morgan fingerprint density at radius 3 is 2.50 bits per heavy atom. The number of esters is 1. The number of nitrogen functional groups attached to an aromatic ring is 1. The molecule has 110 valence electrons. The van der Waals surface area contributed by atoms with Crippen LogP contribution < -0.4 is 11.1 Å². The van der Waals surface area contributed by atoms with Crippen LogP contribution in [-0.4, -0.2) is 31.2 Å². The molecule has 0 saturated carbocycles. The number of rotatable bonds is 5. The van der Waals surface area contributed by atoms with Gasteiger partial charge in [0.05, 0.1) is 6.42 Å². The van der Waals surface area contributed by atoms with Crippen molar-refractivity contribution in [1.82, 2.24) is 5.32 Å². The van der Waals surface area contributed by atoms with Crippen LogP contribution >= 0.6 is 0 Å². The predicted molar refractivity (Wildman–Crippen MR) is 64.6 cm³/mol. The van der Waals surface area contributed by atoms with Gasteiger partial charge in [-0.05, 0) is 11.6 Å². The number of hydrogen-bond acceptors (Lipinski definition) is 4. The van der Waals surface area contributed by atoms with Gasteiger partial charge in [-0.25, -0.2) is 0 Å². The van der Waals surface area contributed by atoms with Crippen molar-refractivity contribution in [3.8, 4) is 0 Å². The summed E-state index contributed by atoms with van der Waals surface area (Å²) in [5.74, 6) is -1.76. The van der Waals surface area contributed by atoms with Crippen molar-refractivity contribution in [2.24, 2.45) is 0 Å². The molecular weight excluding hydrogens is 277 g/mol. The molecule has 0 bridgehead atoms. The largest absolute Gasteiger partial charge is 0.455 e. The molecule has 0 radical (unpaired) electrons. The zero-order valence-corrected chi connectivity index (χ0v) is 10.4. The first-order chi connectivity index (χ1) is 9.28. The zero-order valence-electron chi connectivity index (χ0n) is 10.4. The molecule has 0 spiro atoms. The molecule has 0 aliphatic heterocycles. The molecule has 0 atom stereocenters. The second-order valence-electron chi connectivity index (χ2n) is 3.93. The standard InChI is InChI=1S/C12H13F3N2O3/c13-12(14,15)7-17-10(18)6-20-11(19)5-8-3-1-2-4-9(8)16/h1-4H,5-7,16H2,(H,17,18). The highest BCUT2D eigenvalue weighted by Gasteiger charge is 2.27. The normalized spacial score (nSPS) is 10.9. The number of alkyl halides is 3. The summed E-state index contributed by atoms with van der Waals surface area (Å²) >= 11 is 0. The lowest BCUT2D eigenvalue weighted by atomic mass is 10.1. The van der Waals surface area contributed by atoms with Gasteiger partial charge in [-0.2, -0.15) is 13.2 Å². The monoisotopic (exact) mass is 290 g/mol. The van der Waals surface area contributed by atoms with Gasteiger partial charge in [0.1, 0.15) is 6.54 Å². The summed E-state index contributed by atoms with van der Waals surface area (Å²) in [5.41, 5.74) is 6.52. The molecule has 0 fully saturated rings. The van der Waals surface area contributed by atoms with E-state index in [9.17, 15) is 22.8 Å². The second kappa shape index (κ2) is 6.78. The number of ether oxygens (including phenoxy) is 1. The van der Waals surface area contributed by atoms with Crippen LogP contribution in [0.3, 0.4) is 0 Å². The molecule has 0 aliphatic rings. The van der Waals surface area contributed by atoms with Gasteiger partial charge in [0.2, 0.25) is 0 Å². The van der Waals surface area contributed by atoms with Gasteiger partial charge in [-0.3, -0.25) is 9.59 Å². The third-order valence-corrected chi connectivity index (χ3v) is 2.24. The Labute approximate surface area is 112 Å². The van der Waals surface area contributed by atoms with E-state index in [4.69, 9.17) is 5.73 Å². The van der Waals surface area contributed by atoms with E-state index in [1.54, 1.807) is 29.6 Å². The number of halogens is 3. The average Bonchev–Trinajstić information content (AvgIpc) is 2.36. The lowest BCUT2D eigenvalue weighted by Crippen LogP contribution is -2.36. The van der Waals surface area contributed by atoms with Crippen molar-refractivity contribution in [3.05, 3.63) is 29.8 Å². The minimum Gasteiger partial charge on any atom is -0.455 e. The van der Waals surface area contributed by atoms with Gasteiger partial charge < -0.3 is 15.8 Å². The molecule has 5 nitrogen and oxygen atoms in total. The fourth-order valence-electron chi connectivity index (χ4n) is 1.30. The summed E-state index contributed by atoms with van der Waals surface area (Å²) in [7, 11) is 0. The quantitative estimate of drug-likeness (QED) is 0.627. The topological polar surface area (TPSA) is 81.4 Å². The van der Waals surface area contributed by atoms with Gasteiger partial charge in [0.25, 0.3) is 5.91 Å². The number of nitrogens with one attached hydrogen (secondary N) is 1. The number of hydrogen-bond donors (Lipinski definition) is 2. The number of benzene rings is 1. The minimum absolute atomic E-state index is 0.154. The van der Waals surface area contributed by atoms with E-state index in [2.05, 4.69) is 4.74 Å². The molecule has 0 aromatic heterocycles. The molecule has 1 aromatic carbocycles. The van der Waals surface area contributed by atoms with Crippen molar-refractivity contribution in [3.63, 3.8) is 0 Å². The summed E-state index contributed by atoms with van der Waals surface area (Å²) in [6.45, 7) is -2.23. The fourth-order valence-corrected chi connectivity index (χ4v) is 1.30. The number of carbonyl (C=O) groups excluding carboxylic acids is 2. The molecule has 20 heavy (non-hydrogen) atoms. The summed E-state index contributed by atoms with van der Waals surface area (Å²) in [6, 6.07) is 6.57. The molecule has 0 unspecified atom stereocenters. The SMILES string of the molecule is Nc1ccccc1CC(=O)OCC(=O)NCC(F)(F)F. The van der Waals surface area contributed by atoms with E-state index >= 15 is 0 Å². The van der Waals surface area contributed by atoms with Crippen molar-refractivity contribution in [1.29, 1.82) is 0 Å². The first kappa shape index (κ1) is 15.8. The maximum absolute atomic E-state index is 11.8. The Balaban J connectivity index is 2.33. The minimum atomic E-state index is -4.50. The third kappa shape index (κ3) is 6.07. The molecule has 0 aliphatic carbocycles. The lowest BCUT2D eigenvalue weighted by molar-refractivity contribution is -0.150. The first-order valence-corrected chi connectivity index (χ1v) is 5.60. The fraction of sp³-hybridized carbons (Fsp3) is 0.333. The maximum atomic E-state index is 11.8. The van der Waals surface area contributed by atoms with Crippen LogP contribution in [0.15, 0.2) is 24.3 Å². The molecule has 0 saturated heterocycles. The molecule has 0 heterocycles. The van der Waals surface area contributed by atoms with Gasteiger partial charge >= 0.3 is 12.1 Å². The lowest BCUT2D eigenvalue weighted by Gasteiger charge is -2.09. The maximum Gasteiger partial charge on any atom is 0.405 e. The molecule has 1 rings (SSSR count). The van der Waals surface area contributed by atoms with Gasteiger partial charge in [0.15, 0.2) is 6.61 Å². The predicted octanol–water partition coefficient (Wildman–Crippen LogP) is 1.03. The highest BCUT2D eigenvalue weighted by atomic mass is 19.4. The molecule has 8 heteroatoms. The van der Waals surface area contributed by atoms with E-state index in [1.165, 1.54) is 0 Å². The molecule has 3 N–H and O–H groups in total. The highest BCUT2D eigenvalue weighted by molar-refractivity contribution is 5.81. The van der Waals surface area contributed by atoms with Crippen LogP contribution in [0, 0.1) is 0 Å². The molecule has 1 amide bonds. The van der Waals surface area contributed by atoms with Crippen LogP contribution in [-0.2, 0) is 20.7 Å². The van der Waals surface area contributed by atoms with Crippen LogP contribution in [0.25, 0.3) is 0 Å². The summed E-state index contributed by atoms with van der Waals surface area (Å²) in [4.78, 5) is 22.4. The Hall–Kier alpha value is -2.25. The van der Waals surface area contributed by atoms with Crippen molar-refractivity contribution in [2.45, 2.75) is 12.6 Å². The average molecular weight is 290 g/mol. The zero-order chi connectivity index (χ0) is 15.2. The van der Waals surface area contributed by atoms with Crippen molar-refractivity contribution in [2.75, 3.05) is 18.9 Å². The Morgan fingerprint density at radius 1 is 1.25 bits per heavy atom. The second-order valence-corrected chi connectivity index (χ2v) is 3.93.